The SMILES string of the molecule is COCC(NC(=O)C1CCCC(C(=O)O)C1)c1ccc(F)c(F)c1. The fourth-order valence-corrected chi connectivity index (χ4v) is 3.06. The minimum absolute atomic E-state index is 0.103. The topological polar surface area (TPSA) is 75.6 Å². The third kappa shape index (κ3) is 4.50. The van der Waals surface area contributed by atoms with Crippen molar-refractivity contribution in [3.05, 3.63) is 35.4 Å². The molecule has 5 nitrogen and oxygen atoms in total. The van der Waals surface area contributed by atoms with E-state index in [1.165, 1.54) is 13.2 Å². The highest BCUT2D eigenvalue weighted by molar-refractivity contribution is 5.80. The number of hydrogen-bond acceptors (Lipinski definition) is 3. The Morgan fingerprint density at radius 1 is 1.29 bits per heavy atom. The lowest BCUT2D eigenvalue weighted by Crippen LogP contribution is -2.38. The van der Waals surface area contributed by atoms with Gasteiger partial charge < -0.3 is 15.2 Å². The van der Waals surface area contributed by atoms with E-state index in [1.807, 2.05) is 0 Å². The summed E-state index contributed by atoms with van der Waals surface area (Å²) in [6.07, 6.45) is 2.16. The molecule has 1 amide bonds. The van der Waals surface area contributed by atoms with Gasteiger partial charge in [-0.15, -0.1) is 0 Å². The Balaban J connectivity index is 2.07. The lowest BCUT2D eigenvalue weighted by Gasteiger charge is -2.28. The highest BCUT2D eigenvalue weighted by atomic mass is 19.2. The van der Waals surface area contributed by atoms with Crippen LogP contribution in [0, 0.1) is 23.5 Å². The molecule has 0 aliphatic heterocycles. The molecular weight excluding hydrogens is 320 g/mol. The second-order valence-electron chi connectivity index (χ2n) is 6.09. The smallest absolute Gasteiger partial charge is 0.306 e. The fraction of sp³-hybridized carbons (Fsp3) is 0.529. The monoisotopic (exact) mass is 341 g/mol. The number of carbonyl (C=O) groups excluding carboxylic acids is 1. The molecule has 7 heteroatoms. The van der Waals surface area contributed by atoms with Gasteiger partial charge in [-0.05, 0) is 37.0 Å². The van der Waals surface area contributed by atoms with Crippen molar-refractivity contribution in [2.75, 3.05) is 13.7 Å². The number of rotatable bonds is 6. The standard InChI is InChI=1S/C17H21F2NO4/c1-24-9-15(10-5-6-13(18)14(19)8-10)20-16(21)11-3-2-4-12(7-11)17(22)23/h5-6,8,11-12,15H,2-4,7,9H2,1H3,(H,20,21)(H,22,23). The van der Waals surface area contributed by atoms with Crippen LogP contribution in [0.5, 0.6) is 0 Å². The van der Waals surface area contributed by atoms with Crippen molar-refractivity contribution in [2.24, 2.45) is 11.8 Å². The summed E-state index contributed by atoms with van der Waals surface area (Å²) in [5.41, 5.74) is 0.398. The molecule has 132 valence electrons. The van der Waals surface area contributed by atoms with Gasteiger partial charge in [0.2, 0.25) is 5.91 Å². The minimum atomic E-state index is -0.994. The highest BCUT2D eigenvalue weighted by Crippen LogP contribution is 2.30. The molecule has 1 aliphatic carbocycles. The number of nitrogens with one attached hydrogen (secondary N) is 1. The molecule has 0 radical (unpaired) electrons. The molecule has 2 N–H and O–H groups in total. The van der Waals surface area contributed by atoms with Crippen molar-refractivity contribution in [1.29, 1.82) is 0 Å². The zero-order valence-corrected chi connectivity index (χ0v) is 13.4. The van der Waals surface area contributed by atoms with Gasteiger partial charge in [-0.1, -0.05) is 12.5 Å². The summed E-state index contributed by atoms with van der Waals surface area (Å²) in [5.74, 6) is -4.04. The van der Waals surface area contributed by atoms with Gasteiger partial charge in [-0.3, -0.25) is 9.59 Å². The van der Waals surface area contributed by atoms with Gasteiger partial charge in [0, 0.05) is 13.0 Å². The predicted molar refractivity (Wildman–Crippen MR) is 82.2 cm³/mol. The number of benzene rings is 1. The van der Waals surface area contributed by atoms with Crippen LogP contribution in [-0.4, -0.2) is 30.7 Å². The normalized spacial score (nSPS) is 22.0. The van der Waals surface area contributed by atoms with Crippen LogP contribution in [0.1, 0.15) is 37.3 Å². The number of carbonyl (C=O) groups is 2. The molecule has 2 rings (SSSR count). The summed E-state index contributed by atoms with van der Waals surface area (Å²) in [5, 5.41) is 11.9. The van der Waals surface area contributed by atoms with E-state index in [-0.39, 0.29) is 12.5 Å². The van der Waals surface area contributed by atoms with E-state index in [0.29, 0.717) is 31.2 Å². The third-order valence-corrected chi connectivity index (χ3v) is 4.39. The van der Waals surface area contributed by atoms with E-state index in [2.05, 4.69) is 5.32 Å². The maximum atomic E-state index is 13.4. The quantitative estimate of drug-likeness (QED) is 0.834. The van der Waals surface area contributed by atoms with Crippen LogP contribution in [0.15, 0.2) is 18.2 Å². The minimum Gasteiger partial charge on any atom is -0.481 e. The van der Waals surface area contributed by atoms with Crippen LogP contribution < -0.4 is 5.32 Å². The van der Waals surface area contributed by atoms with E-state index in [4.69, 9.17) is 9.84 Å². The molecule has 1 saturated carbocycles. The summed E-state index contributed by atoms with van der Waals surface area (Å²) >= 11 is 0. The van der Waals surface area contributed by atoms with Crippen molar-refractivity contribution < 1.29 is 28.2 Å². The molecule has 1 aliphatic rings. The Morgan fingerprint density at radius 2 is 2.00 bits per heavy atom. The number of halogens is 2. The summed E-state index contributed by atoms with van der Waals surface area (Å²) in [6.45, 7) is 0.103. The first-order chi connectivity index (χ1) is 11.4. The molecule has 3 unspecified atom stereocenters. The Hall–Kier alpha value is -2.02. The van der Waals surface area contributed by atoms with Crippen molar-refractivity contribution in [3.8, 4) is 0 Å². The van der Waals surface area contributed by atoms with Crippen molar-refractivity contribution in [1.82, 2.24) is 5.32 Å². The Morgan fingerprint density at radius 3 is 2.62 bits per heavy atom. The third-order valence-electron chi connectivity index (χ3n) is 4.39. The lowest BCUT2D eigenvalue weighted by molar-refractivity contribution is -0.144. The second kappa shape index (κ2) is 8.19. The Kier molecular flexibility index (Phi) is 6.25. The van der Waals surface area contributed by atoms with Crippen LogP contribution in [0.4, 0.5) is 8.78 Å². The first-order valence-electron chi connectivity index (χ1n) is 7.89. The molecule has 3 atom stereocenters. The van der Waals surface area contributed by atoms with Gasteiger partial charge in [0.15, 0.2) is 11.6 Å². The number of carboxylic acid groups (broad SMARTS) is 1. The van der Waals surface area contributed by atoms with E-state index in [9.17, 15) is 18.4 Å². The average molecular weight is 341 g/mol. The number of hydrogen-bond donors (Lipinski definition) is 2. The average Bonchev–Trinajstić information content (AvgIpc) is 2.57. The van der Waals surface area contributed by atoms with E-state index >= 15 is 0 Å². The van der Waals surface area contributed by atoms with Crippen molar-refractivity contribution in [2.45, 2.75) is 31.7 Å². The van der Waals surface area contributed by atoms with Gasteiger partial charge in [0.05, 0.1) is 18.6 Å². The van der Waals surface area contributed by atoms with E-state index in [1.54, 1.807) is 0 Å². The molecule has 0 saturated heterocycles. The number of methoxy groups -OCH3 is 1. The summed E-state index contributed by atoms with van der Waals surface area (Å²) in [4.78, 5) is 23.6. The molecule has 1 aromatic carbocycles. The molecule has 0 bridgehead atoms. The van der Waals surface area contributed by atoms with Gasteiger partial charge in [0.1, 0.15) is 0 Å². The first kappa shape index (κ1) is 18.3. The molecule has 0 heterocycles. The van der Waals surface area contributed by atoms with Gasteiger partial charge >= 0.3 is 5.97 Å². The number of aliphatic carboxylic acids is 1. The van der Waals surface area contributed by atoms with Gasteiger partial charge in [-0.25, -0.2) is 8.78 Å². The molecule has 1 aromatic rings. The molecule has 0 spiro atoms. The second-order valence-corrected chi connectivity index (χ2v) is 6.09. The molecule has 24 heavy (non-hydrogen) atoms. The van der Waals surface area contributed by atoms with Crippen LogP contribution in [0.3, 0.4) is 0 Å². The molecular formula is C17H21F2NO4. The maximum Gasteiger partial charge on any atom is 0.306 e. The predicted octanol–water partition coefficient (Wildman–Crippen LogP) is 2.66. The Bertz CT molecular complexity index is 608. The van der Waals surface area contributed by atoms with Crippen LogP contribution in [0.25, 0.3) is 0 Å². The van der Waals surface area contributed by atoms with Crippen molar-refractivity contribution >= 4 is 11.9 Å². The van der Waals surface area contributed by atoms with Crippen molar-refractivity contribution in [3.63, 3.8) is 0 Å². The fourth-order valence-electron chi connectivity index (χ4n) is 3.06. The molecule has 1 fully saturated rings. The first-order valence-corrected chi connectivity index (χ1v) is 7.89. The zero-order chi connectivity index (χ0) is 17.7. The van der Waals surface area contributed by atoms with Gasteiger partial charge in [-0.2, -0.15) is 0 Å². The molecule has 0 aromatic heterocycles. The van der Waals surface area contributed by atoms with E-state index in [0.717, 1.165) is 12.1 Å². The number of ether oxygens (including phenoxy) is 1. The van der Waals surface area contributed by atoms with Crippen LogP contribution >= 0.6 is 0 Å². The van der Waals surface area contributed by atoms with Crippen LogP contribution in [0.2, 0.25) is 0 Å². The lowest BCUT2D eigenvalue weighted by atomic mass is 9.81. The summed E-state index contributed by atoms with van der Waals surface area (Å²) in [7, 11) is 1.44. The van der Waals surface area contributed by atoms with Crippen LogP contribution in [-0.2, 0) is 14.3 Å². The highest BCUT2D eigenvalue weighted by Gasteiger charge is 2.32. The van der Waals surface area contributed by atoms with E-state index < -0.39 is 35.5 Å². The van der Waals surface area contributed by atoms with Gasteiger partial charge in [0.25, 0.3) is 0 Å². The summed E-state index contributed by atoms with van der Waals surface area (Å²) in [6, 6.07) is 2.80. The Labute approximate surface area is 139 Å². The summed E-state index contributed by atoms with van der Waals surface area (Å²) < 4.78 is 31.5. The number of amides is 1. The largest absolute Gasteiger partial charge is 0.481 e. The number of carboxylic acids is 1. The maximum absolute atomic E-state index is 13.4. The zero-order valence-electron chi connectivity index (χ0n) is 13.4.